The molecule has 2 N–H and O–H groups in total. The van der Waals surface area contributed by atoms with Crippen molar-refractivity contribution in [1.82, 2.24) is 10.6 Å². The van der Waals surface area contributed by atoms with Gasteiger partial charge in [-0.1, -0.05) is 39.0 Å². The Balaban J connectivity index is 1.53. The molecule has 0 saturated heterocycles. The molecule has 0 atom stereocenters. The number of hydrogen-bond donors (Lipinski definition) is 2. The van der Waals surface area contributed by atoms with E-state index in [0.717, 1.165) is 5.75 Å². The first-order valence-corrected chi connectivity index (χ1v) is 11.0. The van der Waals surface area contributed by atoms with Crippen molar-refractivity contribution >= 4 is 28.9 Å². The Morgan fingerprint density at radius 3 is 2.20 bits per heavy atom. The molecule has 0 bridgehead atoms. The Morgan fingerprint density at radius 1 is 0.900 bits per heavy atom. The molecule has 0 aliphatic heterocycles. The molecule has 30 heavy (non-hydrogen) atoms. The molecule has 1 heterocycles. The molecule has 2 amide bonds. The standard InChI is InChI=1S/C23H30N2O4S/c1-23(2,3)17-6-8-18(9-7-17)29-15-14-25-22(28)12-13-24-21(27)11-10-19(26)20-5-4-16-30-20/h4-9,16H,10-15H2,1-3H3,(H,24,27)(H,25,28). The van der Waals surface area contributed by atoms with Crippen LogP contribution in [0.25, 0.3) is 0 Å². The first kappa shape index (κ1) is 23.6. The fraction of sp³-hybridized carbons (Fsp3) is 0.435. The van der Waals surface area contributed by atoms with Gasteiger partial charge < -0.3 is 15.4 Å². The van der Waals surface area contributed by atoms with Gasteiger partial charge in [-0.15, -0.1) is 11.3 Å². The molecule has 0 spiro atoms. The number of ketones is 1. The number of amides is 2. The molecule has 2 aromatic rings. The average molecular weight is 431 g/mol. The summed E-state index contributed by atoms with van der Waals surface area (Å²) in [6.45, 7) is 7.48. The van der Waals surface area contributed by atoms with E-state index in [4.69, 9.17) is 4.74 Å². The normalized spacial score (nSPS) is 11.0. The lowest BCUT2D eigenvalue weighted by Crippen LogP contribution is -2.32. The zero-order valence-electron chi connectivity index (χ0n) is 17.8. The summed E-state index contributed by atoms with van der Waals surface area (Å²) in [5, 5.41) is 7.26. The number of benzene rings is 1. The molecule has 0 radical (unpaired) electrons. The molecule has 6 nitrogen and oxygen atoms in total. The Labute approximate surface area is 182 Å². The predicted molar refractivity (Wildman–Crippen MR) is 119 cm³/mol. The molecular formula is C23H30N2O4S. The zero-order valence-corrected chi connectivity index (χ0v) is 18.6. The molecule has 162 valence electrons. The van der Waals surface area contributed by atoms with Gasteiger partial charge in [0.15, 0.2) is 5.78 Å². The van der Waals surface area contributed by atoms with E-state index in [1.54, 1.807) is 6.07 Å². The third-order valence-electron chi connectivity index (χ3n) is 4.46. The second-order valence-electron chi connectivity index (χ2n) is 7.97. The van der Waals surface area contributed by atoms with E-state index < -0.39 is 0 Å². The van der Waals surface area contributed by atoms with Gasteiger partial charge in [-0.3, -0.25) is 14.4 Å². The molecule has 0 fully saturated rings. The van der Waals surface area contributed by atoms with Crippen molar-refractivity contribution in [1.29, 1.82) is 0 Å². The fourth-order valence-electron chi connectivity index (χ4n) is 2.69. The monoisotopic (exact) mass is 430 g/mol. The maximum atomic E-state index is 11.9. The zero-order chi connectivity index (χ0) is 22.0. The Kier molecular flexibility index (Phi) is 9.05. The van der Waals surface area contributed by atoms with E-state index in [1.165, 1.54) is 16.9 Å². The molecule has 0 aliphatic carbocycles. The minimum Gasteiger partial charge on any atom is -0.492 e. The molecule has 0 unspecified atom stereocenters. The molecule has 1 aromatic heterocycles. The number of nitrogens with one attached hydrogen (secondary N) is 2. The second kappa shape index (κ2) is 11.5. The van der Waals surface area contributed by atoms with Gasteiger partial charge in [-0.25, -0.2) is 0 Å². The SMILES string of the molecule is CC(C)(C)c1ccc(OCCNC(=O)CCNC(=O)CCC(=O)c2cccs2)cc1. The second-order valence-corrected chi connectivity index (χ2v) is 8.92. The van der Waals surface area contributed by atoms with Gasteiger partial charge in [-0.05, 0) is 34.6 Å². The maximum absolute atomic E-state index is 11.9. The maximum Gasteiger partial charge on any atom is 0.221 e. The van der Waals surface area contributed by atoms with Gasteiger partial charge in [0.1, 0.15) is 12.4 Å². The summed E-state index contributed by atoms with van der Waals surface area (Å²) in [6.07, 6.45) is 0.484. The van der Waals surface area contributed by atoms with Crippen molar-refractivity contribution in [2.24, 2.45) is 0 Å². The number of ether oxygens (including phenoxy) is 1. The van der Waals surface area contributed by atoms with E-state index >= 15 is 0 Å². The van der Waals surface area contributed by atoms with Crippen LogP contribution in [0, 0.1) is 0 Å². The van der Waals surface area contributed by atoms with Crippen LogP contribution in [0.1, 0.15) is 55.3 Å². The van der Waals surface area contributed by atoms with Crippen molar-refractivity contribution in [2.45, 2.75) is 45.4 Å². The van der Waals surface area contributed by atoms with Gasteiger partial charge in [0, 0.05) is 25.8 Å². The van der Waals surface area contributed by atoms with Gasteiger partial charge in [0.25, 0.3) is 0 Å². The van der Waals surface area contributed by atoms with Crippen LogP contribution in [-0.4, -0.2) is 37.3 Å². The van der Waals surface area contributed by atoms with Crippen LogP contribution in [0.15, 0.2) is 41.8 Å². The first-order chi connectivity index (χ1) is 14.3. The first-order valence-electron chi connectivity index (χ1n) is 10.1. The predicted octanol–water partition coefficient (Wildman–Crippen LogP) is 3.71. The summed E-state index contributed by atoms with van der Waals surface area (Å²) < 4.78 is 5.64. The van der Waals surface area contributed by atoms with Crippen LogP contribution in [0.3, 0.4) is 0 Å². The minimum atomic E-state index is -0.227. The van der Waals surface area contributed by atoms with E-state index in [2.05, 4.69) is 31.4 Å². The van der Waals surface area contributed by atoms with Gasteiger partial charge in [0.2, 0.25) is 11.8 Å². The van der Waals surface area contributed by atoms with Crippen LogP contribution >= 0.6 is 11.3 Å². The van der Waals surface area contributed by atoms with E-state index in [-0.39, 0.29) is 48.8 Å². The van der Waals surface area contributed by atoms with E-state index in [9.17, 15) is 14.4 Å². The van der Waals surface area contributed by atoms with Crippen LogP contribution in [0.5, 0.6) is 5.75 Å². The van der Waals surface area contributed by atoms with Crippen LogP contribution in [0.2, 0.25) is 0 Å². The number of thiophene rings is 1. The summed E-state index contributed by atoms with van der Waals surface area (Å²) in [6, 6.07) is 11.5. The van der Waals surface area contributed by atoms with Crippen molar-refractivity contribution in [3.05, 3.63) is 52.2 Å². The van der Waals surface area contributed by atoms with E-state index in [0.29, 0.717) is 18.0 Å². The summed E-state index contributed by atoms with van der Waals surface area (Å²) in [7, 11) is 0. The lowest BCUT2D eigenvalue weighted by molar-refractivity contribution is -0.122. The smallest absolute Gasteiger partial charge is 0.221 e. The number of hydrogen-bond acceptors (Lipinski definition) is 5. The number of Topliss-reactive ketones (excluding diaryl/α,β-unsaturated/α-hetero) is 1. The molecular weight excluding hydrogens is 400 g/mol. The summed E-state index contributed by atoms with van der Waals surface area (Å²) in [5.74, 6) is 0.346. The summed E-state index contributed by atoms with van der Waals surface area (Å²) in [5.41, 5.74) is 1.34. The lowest BCUT2D eigenvalue weighted by Gasteiger charge is -2.19. The van der Waals surface area contributed by atoms with E-state index in [1.807, 2.05) is 35.7 Å². The number of carbonyl (C=O) groups is 3. The quantitative estimate of drug-likeness (QED) is 0.420. The number of rotatable bonds is 11. The topological polar surface area (TPSA) is 84.5 Å². The highest BCUT2D eigenvalue weighted by Crippen LogP contribution is 2.24. The largest absolute Gasteiger partial charge is 0.492 e. The van der Waals surface area contributed by atoms with Crippen LogP contribution in [-0.2, 0) is 15.0 Å². The third kappa shape index (κ3) is 8.37. The third-order valence-corrected chi connectivity index (χ3v) is 5.37. The highest BCUT2D eigenvalue weighted by Gasteiger charge is 2.13. The highest BCUT2D eigenvalue weighted by molar-refractivity contribution is 7.12. The Morgan fingerprint density at radius 2 is 1.57 bits per heavy atom. The van der Waals surface area contributed by atoms with Crippen LogP contribution in [0.4, 0.5) is 0 Å². The van der Waals surface area contributed by atoms with Crippen molar-refractivity contribution in [3.63, 3.8) is 0 Å². The van der Waals surface area contributed by atoms with Gasteiger partial charge in [-0.2, -0.15) is 0 Å². The van der Waals surface area contributed by atoms with Crippen molar-refractivity contribution in [2.75, 3.05) is 19.7 Å². The van der Waals surface area contributed by atoms with Crippen LogP contribution < -0.4 is 15.4 Å². The summed E-state index contributed by atoms with van der Waals surface area (Å²) >= 11 is 1.37. The van der Waals surface area contributed by atoms with Crippen molar-refractivity contribution < 1.29 is 19.1 Å². The fourth-order valence-corrected chi connectivity index (χ4v) is 3.38. The Bertz CT molecular complexity index is 824. The molecule has 2 rings (SSSR count). The molecule has 7 heteroatoms. The lowest BCUT2D eigenvalue weighted by atomic mass is 9.87. The van der Waals surface area contributed by atoms with Gasteiger partial charge >= 0.3 is 0 Å². The van der Waals surface area contributed by atoms with Gasteiger partial charge in [0.05, 0.1) is 11.4 Å². The average Bonchev–Trinajstić information content (AvgIpc) is 3.24. The summed E-state index contributed by atoms with van der Waals surface area (Å²) in [4.78, 5) is 36.1. The minimum absolute atomic E-state index is 0.0362. The number of carbonyl (C=O) groups excluding carboxylic acids is 3. The molecule has 1 aromatic carbocycles. The molecule has 0 saturated carbocycles. The highest BCUT2D eigenvalue weighted by atomic mass is 32.1. The van der Waals surface area contributed by atoms with Crippen molar-refractivity contribution in [3.8, 4) is 5.75 Å². The molecule has 0 aliphatic rings. The Hall–Kier alpha value is -2.67.